The van der Waals surface area contributed by atoms with E-state index in [2.05, 4.69) is 4.90 Å². The molecule has 0 bridgehead atoms. The van der Waals surface area contributed by atoms with Crippen LogP contribution in [0, 0.1) is 0 Å². The number of fused-ring (bicyclic) bond motifs is 1. The number of carbonyl (C=O) groups is 2. The van der Waals surface area contributed by atoms with Gasteiger partial charge in [-0.3, -0.25) is 9.69 Å². The van der Waals surface area contributed by atoms with Crippen LogP contribution in [-0.2, 0) is 9.59 Å². The van der Waals surface area contributed by atoms with Crippen molar-refractivity contribution in [2.45, 2.75) is 49.7 Å². The maximum atomic E-state index is 11.8. The van der Waals surface area contributed by atoms with Gasteiger partial charge in [0, 0.05) is 18.6 Å². The van der Waals surface area contributed by atoms with Crippen molar-refractivity contribution in [2.24, 2.45) is 0 Å². The Morgan fingerprint density at radius 1 is 1.35 bits per heavy atom. The number of carbonyl (C=O) groups excluding carboxylic acids is 1. The summed E-state index contributed by atoms with van der Waals surface area (Å²) in [6.07, 6.45) is 5.23. The van der Waals surface area contributed by atoms with E-state index in [9.17, 15) is 14.7 Å². The number of carboxylic acid groups (broad SMARTS) is 1. The van der Waals surface area contributed by atoms with E-state index in [0.29, 0.717) is 6.42 Å². The van der Waals surface area contributed by atoms with Gasteiger partial charge in [0.1, 0.15) is 0 Å². The van der Waals surface area contributed by atoms with Gasteiger partial charge >= 0.3 is 5.97 Å². The summed E-state index contributed by atoms with van der Waals surface area (Å²) in [7, 11) is 0. The van der Waals surface area contributed by atoms with E-state index in [-0.39, 0.29) is 12.1 Å². The Hall–Kier alpha value is -1.10. The molecule has 0 aromatic heterocycles. The summed E-state index contributed by atoms with van der Waals surface area (Å²) >= 11 is 0. The highest BCUT2D eigenvalue weighted by molar-refractivity contribution is 5.83. The predicted molar refractivity (Wildman–Crippen MR) is 60.5 cm³/mol. The fraction of sp³-hybridized carbons (Fsp3) is 0.833. The molecule has 2 aliphatic heterocycles. The lowest BCUT2D eigenvalue weighted by molar-refractivity contribution is -0.157. The lowest BCUT2D eigenvalue weighted by atomic mass is 9.86. The highest BCUT2D eigenvalue weighted by Crippen LogP contribution is 2.44. The van der Waals surface area contributed by atoms with Gasteiger partial charge in [0.15, 0.2) is 5.54 Å². The Bertz CT molecular complexity index is 356. The molecule has 1 saturated carbocycles. The highest BCUT2D eigenvalue weighted by atomic mass is 16.4. The van der Waals surface area contributed by atoms with Gasteiger partial charge in [0.05, 0.1) is 0 Å². The SMILES string of the molecule is O=CN(C1CC1)C1(C(=O)O)CCN2CCCC21. The zero-order valence-corrected chi connectivity index (χ0v) is 9.84. The molecule has 0 aromatic rings. The molecule has 5 heteroatoms. The highest BCUT2D eigenvalue weighted by Gasteiger charge is 2.60. The Labute approximate surface area is 100 Å². The molecule has 3 rings (SSSR count). The van der Waals surface area contributed by atoms with E-state index in [0.717, 1.165) is 45.2 Å². The van der Waals surface area contributed by atoms with E-state index in [1.807, 2.05) is 0 Å². The molecule has 5 nitrogen and oxygen atoms in total. The summed E-state index contributed by atoms with van der Waals surface area (Å²) in [4.78, 5) is 26.9. The van der Waals surface area contributed by atoms with Crippen LogP contribution in [0.2, 0.25) is 0 Å². The van der Waals surface area contributed by atoms with Crippen molar-refractivity contribution >= 4 is 12.4 Å². The normalized spacial score (nSPS) is 36.8. The number of rotatable bonds is 4. The van der Waals surface area contributed by atoms with Crippen LogP contribution in [0.25, 0.3) is 0 Å². The molecule has 1 amide bonds. The minimum Gasteiger partial charge on any atom is -0.479 e. The molecule has 2 atom stereocenters. The van der Waals surface area contributed by atoms with Crippen LogP contribution in [0.5, 0.6) is 0 Å². The van der Waals surface area contributed by atoms with Crippen molar-refractivity contribution < 1.29 is 14.7 Å². The average Bonchev–Trinajstić information content (AvgIpc) is 2.90. The van der Waals surface area contributed by atoms with E-state index in [1.165, 1.54) is 0 Å². The summed E-state index contributed by atoms with van der Waals surface area (Å²) in [6, 6.07) is 0.204. The van der Waals surface area contributed by atoms with Crippen molar-refractivity contribution in [3.05, 3.63) is 0 Å². The van der Waals surface area contributed by atoms with Crippen molar-refractivity contribution in [1.29, 1.82) is 0 Å². The first-order valence-electron chi connectivity index (χ1n) is 6.41. The summed E-state index contributed by atoms with van der Waals surface area (Å²) in [5.41, 5.74) is -0.945. The molecular formula is C12H18N2O3. The lowest BCUT2D eigenvalue weighted by Gasteiger charge is -2.39. The topological polar surface area (TPSA) is 60.9 Å². The standard InChI is InChI=1S/C12H18N2O3/c15-8-14(9-3-4-9)12(11(16)17)5-7-13-6-1-2-10(12)13/h8-10H,1-7H2,(H,16,17). The van der Waals surface area contributed by atoms with Gasteiger partial charge in [-0.2, -0.15) is 0 Å². The molecule has 17 heavy (non-hydrogen) atoms. The summed E-state index contributed by atoms with van der Waals surface area (Å²) in [5, 5.41) is 9.66. The fourth-order valence-corrected chi connectivity index (χ4v) is 3.63. The molecule has 2 saturated heterocycles. The molecule has 1 aliphatic carbocycles. The first-order chi connectivity index (χ1) is 8.20. The monoisotopic (exact) mass is 238 g/mol. The third kappa shape index (κ3) is 1.41. The molecule has 0 aromatic carbocycles. The second-order valence-electron chi connectivity index (χ2n) is 5.42. The maximum absolute atomic E-state index is 11.8. The van der Waals surface area contributed by atoms with Crippen LogP contribution in [-0.4, -0.2) is 58.0 Å². The number of carboxylic acids is 1. The number of aliphatic carboxylic acids is 1. The number of hydrogen-bond acceptors (Lipinski definition) is 3. The first kappa shape index (κ1) is 11.0. The number of hydrogen-bond donors (Lipinski definition) is 1. The van der Waals surface area contributed by atoms with Gasteiger partial charge in [0.2, 0.25) is 6.41 Å². The van der Waals surface area contributed by atoms with Crippen molar-refractivity contribution in [3.8, 4) is 0 Å². The van der Waals surface area contributed by atoms with Gasteiger partial charge in [-0.25, -0.2) is 4.79 Å². The van der Waals surface area contributed by atoms with Crippen LogP contribution in [0.4, 0.5) is 0 Å². The average molecular weight is 238 g/mol. The van der Waals surface area contributed by atoms with Gasteiger partial charge < -0.3 is 10.0 Å². The first-order valence-corrected chi connectivity index (χ1v) is 6.41. The molecule has 0 spiro atoms. The number of nitrogens with zero attached hydrogens (tertiary/aromatic N) is 2. The van der Waals surface area contributed by atoms with Crippen molar-refractivity contribution in [2.75, 3.05) is 13.1 Å². The minimum atomic E-state index is -0.945. The molecular weight excluding hydrogens is 220 g/mol. The fourth-order valence-electron chi connectivity index (χ4n) is 3.63. The third-order valence-corrected chi connectivity index (χ3v) is 4.58. The van der Waals surface area contributed by atoms with Crippen LogP contribution < -0.4 is 0 Å². The smallest absolute Gasteiger partial charge is 0.331 e. The Balaban J connectivity index is 1.97. The lowest BCUT2D eigenvalue weighted by Crippen LogP contribution is -2.61. The summed E-state index contributed by atoms with van der Waals surface area (Å²) in [6.45, 7) is 1.80. The Morgan fingerprint density at radius 3 is 2.71 bits per heavy atom. The largest absolute Gasteiger partial charge is 0.479 e. The zero-order chi connectivity index (χ0) is 12.0. The Kier molecular flexibility index (Phi) is 2.40. The van der Waals surface area contributed by atoms with Crippen molar-refractivity contribution in [1.82, 2.24) is 9.80 Å². The second kappa shape index (κ2) is 3.70. The van der Waals surface area contributed by atoms with E-state index < -0.39 is 11.5 Å². The van der Waals surface area contributed by atoms with Crippen LogP contribution in [0.15, 0.2) is 0 Å². The minimum absolute atomic E-state index is 0.0331. The van der Waals surface area contributed by atoms with Gasteiger partial charge in [-0.1, -0.05) is 0 Å². The van der Waals surface area contributed by atoms with Gasteiger partial charge in [0.25, 0.3) is 0 Å². The molecule has 0 radical (unpaired) electrons. The molecule has 3 fully saturated rings. The number of amides is 1. The summed E-state index contributed by atoms with van der Waals surface area (Å²) in [5.74, 6) is -0.814. The quantitative estimate of drug-likeness (QED) is 0.716. The van der Waals surface area contributed by atoms with E-state index in [4.69, 9.17) is 0 Å². The van der Waals surface area contributed by atoms with Crippen LogP contribution in [0.3, 0.4) is 0 Å². The molecule has 94 valence electrons. The van der Waals surface area contributed by atoms with E-state index >= 15 is 0 Å². The second-order valence-corrected chi connectivity index (χ2v) is 5.42. The van der Waals surface area contributed by atoms with Crippen LogP contribution >= 0.6 is 0 Å². The van der Waals surface area contributed by atoms with E-state index in [1.54, 1.807) is 4.90 Å². The van der Waals surface area contributed by atoms with Gasteiger partial charge in [-0.05, 0) is 38.6 Å². The maximum Gasteiger partial charge on any atom is 0.331 e. The molecule has 3 aliphatic rings. The molecule has 2 heterocycles. The van der Waals surface area contributed by atoms with Crippen molar-refractivity contribution in [3.63, 3.8) is 0 Å². The molecule has 2 unspecified atom stereocenters. The van der Waals surface area contributed by atoms with Gasteiger partial charge in [-0.15, -0.1) is 0 Å². The van der Waals surface area contributed by atoms with Crippen LogP contribution in [0.1, 0.15) is 32.1 Å². The summed E-state index contributed by atoms with van der Waals surface area (Å²) < 4.78 is 0. The Morgan fingerprint density at radius 2 is 2.12 bits per heavy atom. The predicted octanol–water partition coefficient (Wildman–Crippen LogP) is 0.299. The third-order valence-electron chi connectivity index (χ3n) is 4.58. The zero-order valence-electron chi connectivity index (χ0n) is 9.84. The molecule has 1 N–H and O–H groups in total.